The summed E-state index contributed by atoms with van der Waals surface area (Å²) in [5.74, 6) is 1.74. The van der Waals surface area contributed by atoms with Gasteiger partial charge >= 0.3 is 0 Å². The summed E-state index contributed by atoms with van der Waals surface area (Å²) in [5, 5.41) is 0. The third kappa shape index (κ3) is 3.87. The van der Waals surface area contributed by atoms with Crippen molar-refractivity contribution in [3.8, 4) is 0 Å². The van der Waals surface area contributed by atoms with Crippen LogP contribution in [-0.4, -0.2) is 55.1 Å². The number of hydrogen-bond donors (Lipinski definition) is 0. The predicted octanol–water partition coefficient (Wildman–Crippen LogP) is 3.02. The maximum absolute atomic E-state index is 4.65. The van der Waals surface area contributed by atoms with E-state index in [1.807, 2.05) is 31.3 Å². The molecule has 1 atom stereocenters. The van der Waals surface area contributed by atoms with E-state index in [0.717, 1.165) is 37.8 Å². The van der Waals surface area contributed by atoms with E-state index in [1.54, 1.807) is 0 Å². The van der Waals surface area contributed by atoms with Gasteiger partial charge in [0.25, 0.3) is 0 Å². The first-order valence-electron chi connectivity index (χ1n) is 8.23. The molecule has 2 aromatic rings. The van der Waals surface area contributed by atoms with Gasteiger partial charge in [-0.2, -0.15) is 4.98 Å². The topological polar surface area (TPSA) is 35.5 Å². The second-order valence-electron chi connectivity index (χ2n) is 6.49. The molecule has 1 aromatic carbocycles. The Morgan fingerprint density at radius 2 is 2.00 bits per heavy atom. The first-order chi connectivity index (χ1) is 11.5. The number of rotatable bonds is 5. The van der Waals surface area contributed by atoms with E-state index < -0.39 is 0 Å². The summed E-state index contributed by atoms with van der Waals surface area (Å²) in [4.78, 5) is 15.7. The van der Waals surface area contributed by atoms with Crippen LogP contribution >= 0.6 is 15.9 Å². The van der Waals surface area contributed by atoms with Crippen molar-refractivity contribution in [1.82, 2.24) is 14.9 Å². The lowest BCUT2D eigenvalue weighted by Gasteiger charge is -2.26. The van der Waals surface area contributed by atoms with E-state index in [9.17, 15) is 0 Å². The Hall–Kier alpha value is -1.66. The van der Waals surface area contributed by atoms with Gasteiger partial charge in [0.2, 0.25) is 5.95 Å². The highest BCUT2D eigenvalue weighted by Crippen LogP contribution is 2.24. The molecular weight excluding hydrogens is 366 g/mol. The van der Waals surface area contributed by atoms with E-state index >= 15 is 0 Å². The quantitative estimate of drug-likeness (QED) is 0.785. The summed E-state index contributed by atoms with van der Waals surface area (Å²) < 4.78 is 1.19. The predicted molar refractivity (Wildman–Crippen MR) is 103 cm³/mol. The highest BCUT2D eigenvalue weighted by atomic mass is 79.9. The Morgan fingerprint density at radius 1 is 1.21 bits per heavy atom. The standard InChI is InChI=1S/C18H24BrN5/c1-22(2)18-20-10-8-17(21-18)23(3)15-9-11-24(13-15)12-14-6-4-5-7-16(14)19/h4-8,10,15H,9,11-13H2,1-3H3. The molecule has 1 saturated heterocycles. The molecule has 1 aromatic heterocycles. The molecule has 0 spiro atoms. The van der Waals surface area contributed by atoms with Gasteiger partial charge in [-0.3, -0.25) is 4.90 Å². The number of likely N-dealkylation sites (N-methyl/N-ethyl adjacent to an activating group) is 1. The molecule has 5 nitrogen and oxygen atoms in total. The molecule has 128 valence electrons. The van der Waals surface area contributed by atoms with Gasteiger partial charge in [-0.25, -0.2) is 4.98 Å². The highest BCUT2D eigenvalue weighted by Gasteiger charge is 2.27. The summed E-state index contributed by atoms with van der Waals surface area (Å²) in [6.07, 6.45) is 2.99. The molecule has 0 radical (unpaired) electrons. The molecule has 6 heteroatoms. The summed E-state index contributed by atoms with van der Waals surface area (Å²) in [6, 6.07) is 10.9. The summed E-state index contributed by atoms with van der Waals surface area (Å²) in [6.45, 7) is 3.15. The zero-order valence-corrected chi connectivity index (χ0v) is 16.1. The van der Waals surface area contributed by atoms with Crippen LogP contribution in [0, 0.1) is 0 Å². The van der Waals surface area contributed by atoms with Crippen LogP contribution in [0.25, 0.3) is 0 Å². The fourth-order valence-corrected chi connectivity index (χ4v) is 3.49. The van der Waals surface area contributed by atoms with Gasteiger partial charge < -0.3 is 9.80 Å². The number of halogens is 1. The minimum Gasteiger partial charge on any atom is -0.355 e. The number of aromatic nitrogens is 2. The SMILES string of the molecule is CN(C)c1nccc(N(C)C2CCN(Cc3ccccc3Br)C2)n1. The molecule has 0 saturated carbocycles. The maximum atomic E-state index is 4.65. The van der Waals surface area contributed by atoms with Crippen molar-refractivity contribution in [3.63, 3.8) is 0 Å². The van der Waals surface area contributed by atoms with Gasteiger partial charge in [-0.05, 0) is 24.1 Å². The number of hydrogen-bond acceptors (Lipinski definition) is 5. The van der Waals surface area contributed by atoms with Crippen LogP contribution in [0.1, 0.15) is 12.0 Å². The van der Waals surface area contributed by atoms with Crippen molar-refractivity contribution in [3.05, 3.63) is 46.6 Å². The Bertz CT molecular complexity index is 691. The Morgan fingerprint density at radius 3 is 2.75 bits per heavy atom. The largest absolute Gasteiger partial charge is 0.355 e. The fraction of sp³-hybridized carbons (Fsp3) is 0.444. The van der Waals surface area contributed by atoms with Crippen molar-refractivity contribution in [2.45, 2.75) is 19.0 Å². The molecule has 0 N–H and O–H groups in total. The van der Waals surface area contributed by atoms with Crippen LogP contribution in [-0.2, 0) is 6.54 Å². The fourth-order valence-electron chi connectivity index (χ4n) is 3.08. The average Bonchev–Trinajstić information content (AvgIpc) is 3.05. The molecule has 0 bridgehead atoms. The third-order valence-electron chi connectivity index (χ3n) is 4.54. The molecule has 1 fully saturated rings. The monoisotopic (exact) mass is 389 g/mol. The van der Waals surface area contributed by atoms with Gasteiger partial charge in [-0.15, -0.1) is 0 Å². The van der Waals surface area contributed by atoms with Crippen molar-refractivity contribution in [2.75, 3.05) is 44.0 Å². The number of benzene rings is 1. The Labute approximate surface area is 152 Å². The molecular formula is C18H24BrN5. The molecule has 3 rings (SSSR count). The van der Waals surface area contributed by atoms with E-state index in [2.05, 4.69) is 67.0 Å². The van der Waals surface area contributed by atoms with Crippen molar-refractivity contribution >= 4 is 27.7 Å². The second kappa shape index (κ2) is 7.49. The van der Waals surface area contributed by atoms with Gasteiger partial charge in [0.1, 0.15) is 5.82 Å². The average molecular weight is 390 g/mol. The lowest BCUT2D eigenvalue weighted by Crippen LogP contribution is -2.35. The molecule has 24 heavy (non-hydrogen) atoms. The van der Waals surface area contributed by atoms with Crippen molar-refractivity contribution in [1.29, 1.82) is 0 Å². The first kappa shape index (κ1) is 17.2. The van der Waals surface area contributed by atoms with Crippen molar-refractivity contribution < 1.29 is 0 Å². The van der Waals surface area contributed by atoms with Gasteiger partial charge in [-0.1, -0.05) is 34.1 Å². The van der Waals surface area contributed by atoms with E-state index in [4.69, 9.17) is 0 Å². The minimum atomic E-state index is 0.484. The molecule has 1 unspecified atom stereocenters. The number of anilines is 2. The molecule has 0 amide bonds. The molecule has 1 aliphatic rings. The summed E-state index contributed by atoms with van der Waals surface area (Å²) >= 11 is 3.65. The Kier molecular flexibility index (Phi) is 5.36. The van der Waals surface area contributed by atoms with Gasteiger partial charge in [0, 0.05) is 57.5 Å². The van der Waals surface area contributed by atoms with Crippen LogP contribution in [0.5, 0.6) is 0 Å². The molecule has 2 heterocycles. The zero-order valence-electron chi connectivity index (χ0n) is 14.5. The summed E-state index contributed by atoms with van der Waals surface area (Å²) in [5.41, 5.74) is 1.35. The third-order valence-corrected chi connectivity index (χ3v) is 5.31. The van der Waals surface area contributed by atoms with Gasteiger partial charge in [0.15, 0.2) is 0 Å². The van der Waals surface area contributed by atoms with Crippen LogP contribution in [0.15, 0.2) is 41.0 Å². The Balaban J connectivity index is 1.65. The van der Waals surface area contributed by atoms with Crippen molar-refractivity contribution in [2.24, 2.45) is 0 Å². The van der Waals surface area contributed by atoms with E-state index in [-0.39, 0.29) is 0 Å². The number of likely N-dealkylation sites (tertiary alicyclic amines) is 1. The summed E-state index contributed by atoms with van der Waals surface area (Å²) in [7, 11) is 6.07. The highest BCUT2D eigenvalue weighted by molar-refractivity contribution is 9.10. The zero-order chi connectivity index (χ0) is 17.1. The van der Waals surface area contributed by atoms with E-state index in [1.165, 1.54) is 10.0 Å². The second-order valence-corrected chi connectivity index (χ2v) is 7.34. The normalized spacial score (nSPS) is 17.9. The van der Waals surface area contributed by atoms with E-state index in [0.29, 0.717) is 6.04 Å². The minimum absolute atomic E-state index is 0.484. The lowest BCUT2D eigenvalue weighted by molar-refractivity contribution is 0.325. The van der Waals surface area contributed by atoms with Crippen LogP contribution < -0.4 is 9.80 Å². The van der Waals surface area contributed by atoms with Crippen LogP contribution in [0.2, 0.25) is 0 Å². The lowest BCUT2D eigenvalue weighted by atomic mass is 10.2. The maximum Gasteiger partial charge on any atom is 0.226 e. The number of nitrogens with zero attached hydrogens (tertiary/aromatic N) is 5. The van der Waals surface area contributed by atoms with Gasteiger partial charge in [0.05, 0.1) is 0 Å². The smallest absolute Gasteiger partial charge is 0.226 e. The van der Waals surface area contributed by atoms with Crippen LogP contribution in [0.4, 0.5) is 11.8 Å². The molecule has 0 aliphatic carbocycles. The molecule has 1 aliphatic heterocycles. The first-order valence-corrected chi connectivity index (χ1v) is 9.03. The van der Waals surface area contributed by atoms with Crippen LogP contribution in [0.3, 0.4) is 0 Å².